The van der Waals surface area contributed by atoms with Crippen LogP contribution >= 0.6 is 0 Å². The second kappa shape index (κ2) is 5.48. The molecule has 1 N–H and O–H groups in total. The van der Waals surface area contributed by atoms with Gasteiger partial charge in [-0.15, -0.1) is 0 Å². The van der Waals surface area contributed by atoms with Crippen LogP contribution in [0.4, 0.5) is 0 Å². The third kappa shape index (κ3) is 2.31. The number of imidazole rings is 1. The minimum absolute atomic E-state index is 0.217. The zero-order chi connectivity index (χ0) is 15.0. The summed E-state index contributed by atoms with van der Waals surface area (Å²) in [5, 5.41) is 3.30. The Morgan fingerprint density at radius 3 is 2.71 bits per heavy atom. The standard InChI is InChI=1S/C14H21N5O2/c1-3-18-9-16-12-11(18)13(20)19(14(21)17(12)2)8-10-4-6-15-7-5-10/h9-10,15H,3-8H2,1-2H3. The molecule has 0 saturated carbocycles. The van der Waals surface area contributed by atoms with Crippen LogP contribution in [0, 0.1) is 5.92 Å². The molecule has 1 aliphatic rings. The lowest BCUT2D eigenvalue weighted by Gasteiger charge is -2.23. The number of rotatable bonds is 3. The first-order valence-electron chi connectivity index (χ1n) is 7.48. The van der Waals surface area contributed by atoms with Gasteiger partial charge in [0.15, 0.2) is 11.2 Å². The normalized spacial score (nSPS) is 16.7. The molecule has 0 unspecified atom stereocenters. The van der Waals surface area contributed by atoms with Crippen molar-refractivity contribution in [3.05, 3.63) is 27.2 Å². The van der Waals surface area contributed by atoms with Crippen molar-refractivity contribution in [1.82, 2.24) is 24.0 Å². The Morgan fingerprint density at radius 1 is 1.33 bits per heavy atom. The van der Waals surface area contributed by atoms with E-state index in [1.165, 1.54) is 9.13 Å². The van der Waals surface area contributed by atoms with E-state index in [4.69, 9.17) is 0 Å². The van der Waals surface area contributed by atoms with E-state index in [-0.39, 0.29) is 11.2 Å². The summed E-state index contributed by atoms with van der Waals surface area (Å²) in [7, 11) is 1.68. The van der Waals surface area contributed by atoms with Crippen LogP contribution in [0.1, 0.15) is 19.8 Å². The Balaban J connectivity index is 2.13. The summed E-state index contributed by atoms with van der Waals surface area (Å²) in [6, 6.07) is 0. The van der Waals surface area contributed by atoms with Crippen LogP contribution in [-0.2, 0) is 20.1 Å². The maximum atomic E-state index is 12.7. The maximum Gasteiger partial charge on any atom is 0.332 e. The van der Waals surface area contributed by atoms with Crippen LogP contribution in [0.25, 0.3) is 11.2 Å². The van der Waals surface area contributed by atoms with Crippen molar-refractivity contribution < 1.29 is 0 Å². The van der Waals surface area contributed by atoms with E-state index in [2.05, 4.69) is 10.3 Å². The molecule has 114 valence electrons. The second-order valence-corrected chi connectivity index (χ2v) is 5.65. The Morgan fingerprint density at radius 2 is 2.05 bits per heavy atom. The Bertz CT molecular complexity index is 764. The quantitative estimate of drug-likeness (QED) is 0.858. The summed E-state index contributed by atoms with van der Waals surface area (Å²) >= 11 is 0. The van der Waals surface area contributed by atoms with Gasteiger partial charge in [0, 0.05) is 20.1 Å². The predicted octanol–water partition coefficient (Wildman–Crippen LogP) is -0.0838. The zero-order valence-electron chi connectivity index (χ0n) is 12.5. The molecule has 0 aliphatic carbocycles. The molecular weight excluding hydrogens is 270 g/mol. The average Bonchev–Trinajstić information content (AvgIpc) is 2.94. The van der Waals surface area contributed by atoms with Gasteiger partial charge in [0.25, 0.3) is 5.56 Å². The molecule has 3 heterocycles. The van der Waals surface area contributed by atoms with E-state index >= 15 is 0 Å². The lowest BCUT2D eigenvalue weighted by molar-refractivity contribution is 0.323. The van der Waals surface area contributed by atoms with Gasteiger partial charge in [-0.05, 0) is 38.8 Å². The number of aryl methyl sites for hydroxylation is 2. The smallest absolute Gasteiger partial charge is 0.325 e. The number of hydrogen-bond acceptors (Lipinski definition) is 4. The molecule has 0 amide bonds. The lowest BCUT2D eigenvalue weighted by atomic mass is 9.98. The molecule has 2 aromatic heterocycles. The summed E-state index contributed by atoms with van der Waals surface area (Å²) in [6.45, 7) is 5.03. The maximum absolute atomic E-state index is 12.7. The van der Waals surface area contributed by atoms with Gasteiger partial charge in [-0.3, -0.25) is 13.9 Å². The van der Waals surface area contributed by atoms with Gasteiger partial charge >= 0.3 is 5.69 Å². The largest absolute Gasteiger partial charge is 0.332 e. The molecule has 0 spiro atoms. The number of piperidine rings is 1. The summed E-state index contributed by atoms with van der Waals surface area (Å²) < 4.78 is 4.66. The van der Waals surface area contributed by atoms with Crippen LogP contribution < -0.4 is 16.6 Å². The van der Waals surface area contributed by atoms with Gasteiger partial charge < -0.3 is 9.88 Å². The number of nitrogens with one attached hydrogen (secondary N) is 1. The molecule has 0 aromatic carbocycles. The average molecular weight is 291 g/mol. The van der Waals surface area contributed by atoms with Gasteiger partial charge in [0.05, 0.1) is 6.33 Å². The number of fused-ring (bicyclic) bond motifs is 1. The highest BCUT2D eigenvalue weighted by Gasteiger charge is 2.19. The van der Waals surface area contributed by atoms with E-state index in [1.54, 1.807) is 17.9 Å². The number of nitrogens with zero attached hydrogens (tertiary/aromatic N) is 4. The lowest BCUT2D eigenvalue weighted by Crippen LogP contribution is -2.42. The van der Waals surface area contributed by atoms with Crippen molar-refractivity contribution in [2.45, 2.75) is 32.9 Å². The van der Waals surface area contributed by atoms with Crippen LogP contribution in [0.3, 0.4) is 0 Å². The monoisotopic (exact) mass is 291 g/mol. The summed E-state index contributed by atoms with van der Waals surface area (Å²) in [5.41, 5.74) is 0.500. The molecule has 2 aromatic rings. The molecule has 1 fully saturated rings. The molecule has 1 saturated heterocycles. The zero-order valence-corrected chi connectivity index (χ0v) is 12.5. The SMILES string of the molecule is CCn1cnc2c1c(=O)n(CC1CCNCC1)c(=O)n2C. The van der Waals surface area contributed by atoms with Crippen LogP contribution in [0.15, 0.2) is 15.9 Å². The predicted molar refractivity (Wildman–Crippen MR) is 80.5 cm³/mol. The van der Waals surface area contributed by atoms with Gasteiger partial charge in [0.2, 0.25) is 0 Å². The van der Waals surface area contributed by atoms with Crippen LogP contribution in [0.5, 0.6) is 0 Å². The molecule has 0 radical (unpaired) electrons. The van der Waals surface area contributed by atoms with E-state index in [1.807, 2.05) is 6.92 Å². The fraction of sp³-hybridized carbons (Fsp3) is 0.643. The Kier molecular flexibility index (Phi) is 3.67. The first-order valence-corrected chi connectivity index (χ1v) is 7.48. The first kappa shape index (κ1) is 14.1. The fourth-order valence-corrected chi connectivity index (χ4v) is 3.05. The Hall–Kier alpha value is -1.89. The molecule has 0 atom stereocenters. The fourth-order valence-electron chi connectivity index (χ4n) is 3.05. The third-order valence-electron chi connectivity index (χ3n) is 4.34. The number of aromatic nitrogens is 4. The van der Waals surface area contributed by atoms with E-state index in [9.17, 15) is 9.59 Å². The van der Waals surface area contributed by atoms with Crippen LogP contribution in [0.2, 0.25) is 0 Å². The minimum atomic E-state index is -0.271. The summed E-state index contributed by atoms with van der Waals surface area (Å²) in [6.07, 6.45) is 3.63. The summed E-state index contributed by atoms with van der Waals surface area (Å²) in [4.78, 5) is 29.3. The van der Waals surface area contributed by atoms with Crippen molar-refractivity contribution in [3.63, 3.8) is 0 Å². The van der Waals surface area contributed by atoms with E-state index < -0.39 is 0 Å². The van der Waals surface area contributed by atoms with Crippen molar-refractivity contribution >= 4 is 11.2 Å². The van der Waals surface area contributed by atoms with Crippen molar-refractivity contribution in [2.75, 3.05) is 13.1 Å². The highest BCUT2D eigenvalue weighted by atomic mass is 16.2. The van der Waals surface area contributed by atoms with Crippen molar-refractivity contribution in [2.24, 2.45) is 13.0 Å². The van der Waals surface area contributed by atoms with Gasteiger partial charge in [-0.2, -0.15) is 0 Å². The highest BCUT2D eigenvalue weighted by molar-refractivity contribution is 5.69. The molecule has 7 nitrogen and oxygen atoms in total. The van der Waals surface area contributed by atoms with Gasteiger partial charge in [-0.1, -0.05) is 0 Å². The highest BCUT2D eigenvalue weighted by Crippen LogP contribution is 2.13. The molecule has 1 aliphatic heterocycles. The second-order valence-electron chi connectivity index (χ2n) is 5.65. The van der Waals surface area contributed by atoms with E-state index in [0.717, 1.165) is 25.9 Å². The Labute approximate surface area is 122 Å². The minimum Gasteiger partial charge on any atom is -0.325 e. The van der Waals surface area contributed by atoms with Crippen LogP contribution in [-0.4, -0.2) is 31.8 Å². The molecule has 21 heavy (non-hydrogen) atoms. The van der Waals surface area contributed by atoms with E-state index in [0.29, 0.717) is 30.2 Å². The van der Waals surface area contributed by atoms with Crippen molar-refractivity contribution in [3.8, 4) is 0 Å². The molecule has 0 bridgehead atoms. The van der Waals surface area contributed by atoms with Crippen molar-refractivity contribution in [1.29, 1.82) is 0 Å². The number of hydrogen-bond donors (Lipinski definition) is 1. The van der Waals surface area contributed by atoms with Gasteiger partial charge in [0.1, 0.15) is 0 Å². The summed E-state index contributed by atoms with van der Waals surface area (Å²) in [5.74, 6) is 0.382. The molecule has 7 heteroatoms. The van der Waals surface area contributed by atoms with Gasteiger partial charge in [-0.25, -0.2) is 9.78 Å². The topological polar surface area (TPSA) is 73.8 Å². The third-order valence-corrected chi connectivity index (χ3v) is 4.34. The first-order chi connectivity index (χ1) is 10.1. The molecule has 3 rings (SSSR count). The molecular formula is C14H21N5O2.